The molecule has 1 amide bonds. The van der Waals surface area contributed by atoms with Crippen LogP contribution in [-0.2, 0) is 6.18 Å². The zero-order valence-corrected chi connectivity index (χ0v) is 16.4. The monoisotopic (exact) mass is 414 g/mol. The van der Waals surface area contributed by atoms with Crippen molar-refractivity contribution in [2.75, 3.05) is 18.0 Å². The van der Waals surface area contributed by atoms with Gasteiger partial charge >= 0.3 is 6.18 Å². The Labute approximate surface area is 172 Å². The van der Waals surface area contributed by atoms with E-state index in [0.29, 0.717) is 30.8 Å². The summed E-state index contributed by atoms with van der Waals surface area (Å²) in [4.78, 5) is 14.6. The number of rotatable bonds is 4. The molecule has 4 rings (SSSR count). The number of amides is 1. The average Bonchev–Trinajstić information content (AvgIpc) is 3.35. The van der Waals surface area contributed by atoms with E-state index in [4.69, 9.17) is 0 Å². The summed E-state index contributed by atoms with van der Waals surface area (Å²) in [6.45, 7) is 2.87. The number of hydrogen-bond donors (Lipinski definition) is 1. The quantitative estimate of drug-likeness (QED) is 0.696. The Balaban J connectivity index is 1.43. The number of halogens is 3. The van der Waals surface area contributed by atoms with E-state index in [1.54, 1.807) is 10.7 Å². The van der Waals surface area contributed by atoms with Crippen molar-refractivity contribution >= 4 is 11.6 Å². The first-order valence-corrected chi connectivity index (χ1v) is 9.66. The molecule has 1 aliphatic heterocycles. The molecule has 1 aliphatic rings. The van der Waals surface area contributed by atoms with E-state index in [0.717, 1.165) is 23.5 Å². The van der Waals surface area contributed by atoms with E-state index in [2.05, 4.69) is 10.4 Å². The van der Waals surface area contributed by atoms with E-state index in [-0.39, 0.29) is 11.9 Å². The number of para-hydroxylation sites is 1. The normalized spacial score (nSPS) is 16.7. The van der Waals surface area contributed by atoms with Crippen LogP contribution in [0.3, 0.4) is 0 Å². The Bertz CT molecular complexity index is 1050. The molecule has 1 aromatic heterocycles. The molecule has 5 nitrogen and oxygen atoms in total. The van der Waals surface area contributed by atoms with Gasteiger partial charge in [-0.3, -0.25) is 4.79 Å². The molecule has 0 saturated carbocycles. The first kappa shape index (κ1) is 20.0. The Morgan fingerprint density at radius 2 is 1.83 bits per heavy atom. The van der Waals surface area contributed by atoms with Crippen LogP contribution in [0.25, 0.3) is 5.69 Å². The van der Waals surface area contributed by atoms with Crippen LogP contribution in [0.1, 0.15) is 28.0 Å². The summed E-state index contributed by atoms with van der Waals surface area (Å²) in [6.07, 6.45) is -2.18. The first-order chi connectivity index (χ1) is 14.3. The number of carbonyl (C=O) groups excluding carboxylic acids is 1. The van der Waals surface area contributed by atoms with Crippen LogP contribution in [0.15, 0.2) is 60.8 Å². The molecule has 1 atom stereocenters. The molecule has 0 spiro atoms. The van der Waals surface area contributed by atoms with Crippen LogP contribution >= 0.6 is 0 Å². The van der Waals surface area contributed by atoms with Crippen molar-refractivity contribution < 1.29 is 18.0 Å². The minimum Gasteiger partial charge on any atom is -0.369 e. The lowest BCUT2D eigenvalue weighted by atomic mass is 10.2. The summed E-state index contributed by atoms with van der Waals surface area (Å²) >= 11 is 0. The van der Waals surface area contributed by atoms with Crippen LogP contribution in [0.5, 0.6) is 0 Å². The molecule has 1 saturated heterocycles. The highest BCUT2D eigenvalue weighted by molar-refractivity contribution is 5.95. The number of benzene rings is 2. The predicted molar refractivity (Wildman–Crippen MR) is 108 cm³/mol. The SMILES string of the molecule is Cc1c(C(=O)NC2CCN(c3cccc(C(F)(F)F)c3)C2)cnn1-c1ccccc1. The second-order valence-electron chi connectivity index (χ2n) is 7.34. The molecule has 3 aromatic rings. The van der Waals surface area contributed by atoms with Crippen LogP contribution < -0.4 is 10.2 Å². The van der Waals surface area contributed by atoms with E-state index in [1.807, 2.05) is 42.2 Å². The van der Waals surface area contributed by atoms with Gasteiger partial charge in [-0.2, -0.15) is 18.3 Å². The smallest absolute Gasteiger partial charge is 0.369 e. The third-order valence-electron chi connectivity index (χ3n) is 5.32. The number of anilines is 1. The minimum atomic E-state index is -4.38. The van der Waals surface area contributed by atoms with E-state index < -0.39 is 11.7 Å². The van der Waals surface area contributed by atoms with Gasteiger partial charge in [-0.05, 0) is 43.7 Å². The van der Waals surface area contributed by atoms with Crippen molar-refractivity contribution in [1.82, 2.24) is 15.1 Å². The Hall–Kier alpha value is -3.29. The van der Waals surface area contributed by atoms with Gasteiger partial charge in [0.2, 0.25) is 0 Å². The van der Waals surface area contributed by atoms with Gasteiger partial charge in [0.1, 0.15) is 0 Å². The van der Waals surface area contributed by atoms with Crippen LogP contribution in [0, 0.1) is 6.92 Å². The second-order valence-corrected chi connectivity index (χ2v) is 7.34. The molecule has 1 N–H and O–H groups in total. The largest absolute Gasteiger partial charge is 0.416 e. The van der Waals surface area contributed by atoms with Gasteiger partial charge < -0.3 is 10.2 Å². The standard InChI is InChI=1S/C22H21F3N4O/c1-15-20(13-26-29(15)18-7-3-2-4-8-18)21(30)27-17-10-11-28(14-17)19-9-5-6-16(12-19)22(23,24)25/h2-9,12-13,17H,10-11,14H2,1H3,(H,27,30). The predicted octanol–water partition coefficient (Wildman–Crippen LogP) is 4.21. The number of hydrogen-bond acceptors (Lipinski definition) is 3. The van der Waals surface area contributed by atoms with Crippen molar-refractivity contribution in [1.29, 1.82) is 0 Å². The van der Waals surface area contributed by atoms with Crippen molar-refractivity contribution in [3.63, 3.8) is 0 Å². The van der Waals surface area contributed by atoms with E-state index in [9.17, 15) is 18.0 Å². The van der Waals surface area contributed by atoms with Crippen molar-refractivity contribution in [2.45, 2.75) is 25.6 Å². The average molecular weight is 414 g/mol. The van der Waals surface area contributed by atoms with Gasteiger partial charge in [-0.25, -0.2) is 4.68 Å². The topological polar surface area (TPSA) is 50.2 Å². The third-order valence-corrected chi connectivity index (χ3v) is 5.32. The fourth-order valence-corrected chi connectivity index (χ4v) is 3.72. The van der Waals surface area contributed by atoms with E-state index in [1.165, 1.54) is 12.3 Å². The molecule has 2 aromatic carbocycles. The maximum Gasteiger partial charge on any atom is 0.416 e. The number of aromatic nitrogens is 2. The van der Waals surface area contributed by atoms with Gasteiger partial charge in [-0.1, -0.05) is 24.3 Å². The van der Waals surface area contributed by atoms with Gasteiger partial charge in [0, 0.05) is 24.8 Å². The minimum absolute atomic E-state index is 0.147. The summed E-state index contributed by atoms with van der Waals surface area (Å²) in [7, 11) is 0. The lowest BCUT2D eigenvalue weighted by molar-refractivity contribution is -0.137. The second kappa shape index (κ2) is 7.85. The molecule has 1 unspecified atom stereocenters. The Morgan fingerprint density at radius 1 is 1.10 bits per heavy atom. The number of nitrogens with zero attached hydrogens (tertiary/aromatic N) is 3. The maximum atomic E-state index is 13.0. The van der Waals surface area contributed by atoms with E-state index >= 15 is 0 Å². The lowest BCUT2D eigenvalue weighted by Crippen LogP contribution is -2.37. The van der Waals surface area contributed by atoms with Crippen molar-refractivity contribution in [3.8, 4) is 5.69 Å². The molecule has 0 aliphatic carbocycles. The van der Waals surface area contributed by atoms with Crippen LogP contribution in [0.4, 0.5) is 18.9 Å². The highest BCUT2D eigenvalue weighted by atomic mass is 19.4. The fourth-order valence-electron chi connectivity index (χ4n) is 3.72. The summed E-state index contributed by atoms with van der Waals surface area (Å²) in [5.74, 6) is -0.231. The Morgan fingerprint density at radius 3 is 2.57 bits per heavy atom. The van der Waals surface area contributed by atoms with Crippen molar-refractivity contribution in [3.05, 3.63) is 77.6 Å². The summed E-state index contributed by atoms with van der Waals surface area (Å²) in [6, 6.07) is 14.7. The zero-order valence-electron chi connectivity index (χ0n) is 16.4. The van der Waals surface area contributed by atoms with Gasteiger partial charge in [-0.15, -0.1) is 0 Å². The highest BCUT2D eigenvalue weighted by Crippen LogP contribution is 2.32. The number of nitrogens with one attached hydrogen (secondary N) is 1. The number of alkyl halides is 3. The molecule has 0 radical (unpaired) electrons. The van der Waals surface area contributed by atoms with Gasteiger partial charge in [0.25, 0.3) is 5.91 Å². The molecule has 30 heavy (non-hydrogen) atoms. The molecule has 1 fully saturated rings. The molecule has 0 bridgehead atoms. The molecular weight excluding hydrogens is 393 g/mol. The van der Waals surface area contributed by atoms with Gasteiger partial charge in [0.15, 0.2) is 0 Å². The molecule has 8 heteroatoms. The maximum absolute atomic E-state index is 13.0. The van der Waals surface area contributed by atoms with Crippen LogP contribution in [0.2, 0.25) is 0 Å². The van der Waals surface area contributed by atoms with Gasteiger partial charge in [0.05, 0.1) is 28.7 Å². The summed E-state index contributed by atoms with van der Waals surface area (Å²) in [5, 5.41) is 7.30. The number of carbonyl (C=O) groups is 1. The van der Waals surface area contributed by atoms with Crippen molar-refractivity contribution in [2.24, 2.45) is 0 Å². The third kappa shape index (κ3) is 4.03. The Kier molecular flexibility index (Phi) is 5.24. The summed E-state index contributed by atoms with van der Waals surface area (Å²) < 4.78 is 40.6. The molecule has 156 valence electrons. The molecule has 2 heterocycles. The molecular formula is C22H21F3N4O. The first-order valence-electron chi connectivity index (χ1n) is 9.66. The van der Waals surface area contributed by atoms with Crippen LogP contribution in [-0.4, -0.2) is 34.8 Å². The lowest BCUT2D eigenvalue weighted by Gasteiger charge is -2.20. The highest BCUT2D eigenvalue weighted by Gasteiger charge is 2.32. The zero-order chi connectivity index (χ0) is 21.3. The fraction of sp³-hybridized carbons (Fsp3) is 0.273. The summed E-state index contributed by atoms with van der Waals surface area (Å²) in [5.41, 5.74) is 1.92.